The van der Waals surface area contributed by atoms with Crippen molar-refractivity contribution >= 4 is 11.9 Å². The molecule has 0 heterocycles. The zero-order chi connectivity index (χ0) is 21.9. The van der Waals surface area contributed by atoms with Crippen molar-refractivity contribution in [1.82, 2.24) is 5.32 Å². The summed E-state index contributed by atoms with van der Waals surface area (Å²) in [5, 5.41) is 3.27. The van der Waals surface area contributed by atoms with Crippen LogP contribution in [0.4, 0.5) is 0 Å². The molecule has 0 saturated heterocycles. The minimum atomic E-state index is -0.434. The number of hydrogen-bond donors (Lipinski definition) is 1. The summed E-state index contributed by atoms with van der Waals surface area (Å²) in [5.41, 5.74) is 2.63. The fraction of sp³-hybridized carbons (Fsp3) is 0.462. The van der Waals surface area contributed by atoms with E-state index in [1.807, 2.05) is 42.5 Å². The summed E-state index contributed by atoms with van der Waals surface area (Å²) >= 11 is 0. The molecule has 0 aromatic heterocycles. The first kappa shape index (κ1) is 23.0. The number of esters is 2. The van der Waals surface area contributed by atoms with Gasteiger partial charge in [-0.2, -0.15) is 0 Å². The highest BCUT2D eigenvalue weighted by Crippen LogP contribution is 2.20. The number of nitrogens with one attached hydrogen (secondary N) is 1. The number of carbonyl (C=O) groups excluding carboxylic acids is 2. The van der Waals surface area contributed by atoms with Crippen LogP contribution in [0.3, 0.4) is 0 Å². The van der Waals surface area contributed by atoms with E-state index < -0.39 is 6.04 Å². The summed E-state index contributed by atoms with van der Waals surface area (Å²) < 4.78 is 10.7. The van der Waals surface area contributed by atoms with Crippen LogP contribution in [-0.4, -0.2) is 31.2 Å². The maximum atomic E-state index is 12.5. The first-order valence-corrected chi connectivity index (χ1v) is 11.3. The average Bonchev–Trinajstić information content (AvgIpc) is 2.78. The fourth-order valence-corrected chi connectivity index (χ4v) is 3.99. The Labute approximate surface area is 185 Å². The summed E-state index contributed by atoms with van der Waals surface area (Å²) in [6.07, 6.45) is 8.53. The summed E-state index contributed by atoms with van der Waals surface area (Å²) in [6.45, 7) is 0.505. The SMILES string of the molecule is COC(=O)[C@@H](Cc1ccccc1)NCc1ccc(C(=O)OC2CCCCCCC2)cc1. The summed E-state index contributed by atoms with van der Waals surface area (Å²) in [5.74, 6) is -0.537. The Morgan fingerprint density at radius 3 is 2.19 bits per heavy atom. The van der Waals surface area contributed by atoms with Gasteiger partial charge in [-0.1, -0.05) is 61.7 Å². The second kappa shape index (κ2) is 12.3. The van der Waals surface area contributed by atoms with E-state index in [4.69, 9.17) is 9.47 Å². The van der Waals surface area contributed by atoms with Crippen molar-refractivity contribution in [1.29, 1.82) is 0 Å². The van der Waals surface area contributed by atoms with Gasteiger partial charge in [0.2, 0.25) is 0 Å². The molecule has 1 N–H and O–H groups in total. The maximum absolute atomic E-state index is 12.5. The minimum Gasteiger partial charge on any atom is -0.468 e. The van der Waals surface area contributed by atoms with Gasteiger partial charge in [0.1, 0.15) is 12.1 Å². The number of benzene rings is 2. The molecule has 2 aromatic rings. The highest BCUT2D eigenvalue weighted by atomic mass is 16.5. The monoisotopic (exact) mass is 423 g/mol. The summed E-state index contributed by atoms with van der Waals surface area (Å²) in [6, 6.07) is 16.8. The van der Waals surface area contributed by atoms with Crippen LogP contribution >= 0.6 is 0 Å². The Hall–Kier alpha value is -2.66. The molecule has 0 bridgehead atoms. The van der Waals surface area contributed by atoms with Crippen LogP contribution in [0, 0.1) is 0 Å². The zero-order valence-electron chi connectivity index (χ0n) is 18.3. The molecular weight excluding hydrogens is 390 g/mol. The van der Waals surface area contributed by atoms with Crippen LogP contribution in [0.25, 0.3) is 0 Å². The van der Waals surface area contributed by atoms with Gasteiger partial charge in [0.25, 0.3) is 0 Å². The molecule has 0 radical (unpaired) electrons. The molecule has 1 atom stereocenters. The van der Waals surface area contributed by atoms with Crippen molar-refractivity contribution in [2.24, 2.45) is 0 Å². The predicted octanol–water partition coefficient (Wildman–Crippen LogP) is 4.83. The molecule has 5 heteroatoms. The first-order valence-electron chi connectivity index (χ1n) is 11.3. The van der Waals surface area contributed by atoms with Crippen LogP contribution in [0.15, 0.2) is 54.6 Å². The average molecular weight is 424 g/mol. The molecule has 0 unspecified atom stereocenters. The molecule has 31 heavy (non-hydrogen) atoms. The number of methoxy groups -OCH3 is 1. The molecule has 0 amide bonds. The van der Waals surface area contributed by atoms with Crippen molar-refractivity contribution in [3.05, 3.63) is 71.3 Å². The van der Waals surface area contributed by atoms with Crippen LogP contribution in [0.1, 0.15) is 66.4 Å². The third kappa shape index (κ3) is 7.51. The lowest BCUT2D eigenvalue weighted by atomic mass is 9.98. The van der Waals surface area contributed by atoms with E-state index in [0.717, 1.165) is 36.8 Å². The van der Waals surface area contributed by atoms with Gasteiger partial charge in [-0.3, -0.25) is 4.79 Å². The highest BCUT2D eigenvalue weighted by Gasteiger charge is 2.20. The van der Waals surface area contributed by atoms with E-state index in [-0.39, 0.29) is 18.0 Å². The molecule has 0 aliphatic heterocycles. The molecule has 3 rings (SSSR count). The van der Waals surface area contributed by atoms with Gasteiger partial charge in [-0.25, -0.2) is 4.79 Å². The van der Waals surface area contributed by atoms with E-state index in [1.54, 1.807) is 12.1 Å². The summed E-state index contributed by atoms with van der Waals surface area (Å²) in [7, 11) is 1.40. The number of carbonyl (C=O) groups is 2. The normalized spacial score (nSPS) is 16.0. The number of hydrogen-bond acceptors (Lipinski definition) is 5. The van der Waals surface area contributed by atoms with E-state index in [0.29, 0.717) is 18.5 Å². The number of ether oxygens (including phenoxy) is 2. The topological polar surface area (TPSA) is 64.6 Å². The van der Waals surface area contributed by atoms with Gasteiger partial charge < -0.3 is 14.8 Å². The van der Waals surface area contributed by atoms with Gasteiger partial charge in [0.15, 0.2) is 0 Å². The van der Waals surface area contributed by atoms with Gasteiger partial charge >= 0.3 is 11.9 Å². The first-order chi connectivity index (χ1) is 15.2. The summed E-state index contributed by atoms with van der Waals surface area (Å²) in [4.78, 5) is 24.7. The van der Waals surface area contributed by atoms with Crippen LogP contribution < -0.4 is 5.32 Å². The van der Waals surface area contributed by atoms with Gasteiger partial charge in [0, 0.05) is 6.54 Å². The van der Waals surface area contributed by atoms with Gasteiger partial charge in [-0.05, 0) is 55.4 Å². The van der Waals surface area contributed by atoms with Crippen LogP contribution in [-0.2, 0) is 27.2 Å². The molecule has 1 fully saturated rings. The molecule has 166 valence electrons. The Morgan fingerprint density at radius 2 is 1.55 bits per heavy atom. The standard InChI is InChI=1S/C26H33NO4/c1-30-26(29)24(18-20-10-6-5-7-11-20)27-19-21-14-16-22(17-15-21)25(28)31-23-12-8-3-2-4-9-13-23/h5-7,10-11,14-17,23-24,27H,2-4,8-9,12-13,18-19H2,1H3/t24-/m1/s1. The Kier molecular flexibility index (Phi) is 9.10. The van der Waals surface area contributed by atoms with E-state index in [2.05, 4.69) is 5.32 Å². The lowest BCUT2D eigenvalue weighted by molar-refractivity contribution is -0.143. The van der Waals surface area contributed by atoms with Gasteiger partial charge in [-0.15, -0.1) is 0 Å². The Bertz CT molecular complexity index is 811. The number of rotatable bonds is 8. The van der Waals surface area contributed by atoms with E-state index in [1.165, 1.54) is 26.4 Å². The van der Waals surface area contributed by atoms with Crippen LogP contribution in [0.2, 0.25) is 0 Å². The second-order valence-corrected chi connectivity index (χ2v) is 8.22. The quantitative estimate of drug-likeness (QED) is 0.616. The van der Waals surface area contributed by atoms with E-state index >= 15 is 0 Å². The second-order valence-electron chi connectivity index (χ2n) is 8.22. The van der Waals surface area contributed by atoms with E-state index in [9.17, 15) is 9.59 Å². The minimum absolute atomic E-state index is 0.0351. The Morgan fingerprint density at radius 1 is 0.903 bits per heavy atom. The highest BCUT2D eigenvalue weighted by molar-refractivity contribution is 5.89. The molecule has 1 aliphatic carbocycles. The predicted molar refractivity (Wildman–Crippen MR) is 121 cm³/mol. The lowest BCUT2D eigenvalue weighted by Crippen LogP contribution is -2.39. The van der Waals surface area contributed by atoms with Crippen LogP contribution in [0.5, 0.6) is 0 Å². The molecular formula is C26H33NO4. The zero-order valence-corrected chi connectivity index (χ0v) is 18.3. The van der Waals surface area contributed by atoms with Crippen molar-refractivity contribution < 1.29 is 19.1 Å². The molecule has 1 saturated carbocycles. The van der Waals surface area contributed by atoms with Gasteiger partial charge in [0.05, 0.1) is 12.7 Å². The Balaban J connectivity index is 1.53. The smallest absolute Gasteiger partial charge is 0.338 e. The molecule has 2 aromatic carbocycles. The van der Waals surface area contributed by atoms with Crippen molar-refractivity contribution in [3.63, 3.8) is 0 Å². The third-order valence-corrected chi connectivity index (χ3v) is 5.84. The van der Waals surface area contributed by atoms with Crippen molar-refractivity contribution in [2.75, 3.05) is 7.11 Å². The third-order valence-electron chi connectivity index (χ3n) is 5.84. The van der Waals surface area contributed by atoms with Crippen molar-refractivity contribution in [2.45, 2.75) is 70.1 Å². The molecule has 1 aliphatic rings. The lowest BCUT2D eigenvalue weighted by Gasteiger charge is -2.20. The maximum Gasteiger partial charge on any atom is 0.338 e. The fourth-order valence-electron chi connectivity index (χ4n) is 3.99. The van der Waals surface area contributed by atoms with Crippen molar-refractivity contribution in [3.8, 4) is 0 Å². The molecule has 0 spiro atoms. The molecule has 5 nitrogen and oxygen atoms in total. The largest absolute Gasteiger partial charge is 0.468 e.